The summed E-state index contributed by atoms with van der Waals surface area (Å²) in [4.78, 5) is 15.3. The normalized spacial score (nSPS) is 16.8. The molecule has 1 aliphatic rings. The van der Waals surface area contributed by atoms with E-state index >= 15 is 0 Å². The summed E-state index contributed by atoms with van der Waals surface area (Å²) >= 11 is 0. The van der Waals surface area contributed by atoms with Gasteiger partial charge in [-0.1, -0.05) is 0 Å². The molecule has 124 valence electrons. The van der Waals surface area contributed by atoms with Gasteiger partial charge in [0.1, 0.15) is 18.0 Å². The van der Waals surface area contributed by atoms with Gasteiger partial charge in [-0.3, -0.25) is 0 Å². The van der Waals surface area contributed by atoms with Crippen molar-refractivity contribution in [1.29, 1.82) is 5.26 Å². The highest BCUT2D eigenvalue weighted by Gasteiger charge is 2.27. The van der Waals surface area contributed by atoms with Crippen molar-refractivity contribution in [2.24, 2.45) is 0 Å². The number of likely N-dealkylation sites (N-methyl/N-ethyl adjacent to an activating group) is 1. The third-order valence-electron chi connectivity index (χ3n) is 4.53. The number of aromatic nitrogens is 2. The lowest BCUT2D eigenvalue weighted by Gasteiger charge is -2.27. The Morgan fingerprint density at radius 2 is 1.83 bits per heavy atom. The Balaban J connectivity index is 1.70. The van der Waals surface area contributed by atoms with Gasteiger partial charge in [-0.15, -0.1) is 0 Å². The Kier molecular flexibility index (Phi) is 4.52. The van der Waals surface area contributed by atoms with E-state index in [0.29, 0.717) is 11.6 Å². The molecule has 24 heavy (non-hydrogen) atoms. The van der Waals surface area contributed by atoms with E-state index in [0.717, 1.165) is 31.1 Å². The van der Waals surface area contributed by atoms with Crippen molar-refractivity contribution in [2.75, 3.05) is 48.9 Å². The summed E-state index contributed by atoms with van der Waals surface area (Å²) in [6.07, 6.45) is 2.70. The first kappa shape index (κ1) is 16.1. The zero-order valence-corrected chi connectivity index (χ0v) is 14.3. The predicted molar refractivity (Wildman–Crippen MR) is 96.5 cm³/mol. The fourth-order valence-corrected chi connectivity index (χ4v) is 3.00. The summed E-state index contributed by atoms with van der Waals surface area (Å²) in [5.74, 6) is 1.86. The quantitative estimate of drug-likeness (QED) is 0.859. The first-order valence-corrected chi connectivity index (χ1v) is 8.06. The van der Waals surface area contributed by atoms with Gasteiger partial charge < -0.3 is 14.7 Å². The molecule has 0 amide bonds. The smallest absolute Gasteiger partial charge is 0.134 e. The molecule has 1 unspecified atom stereocenters. The van der Waals surface area contributed by atoms with Gasteiger partial charge in [0.25, 0.3) is 0 Å². The molecule has 1 fully saturated rings. The summed E-state index contributed by atoms with van der Waals surface area (Å²) < 4.78 is 0. The Morgan fingerprint density at radius 1 is 1.12 bits per heavy atom. The topological polar surface area (TPSA) is 59.3 Å². The molecule has 0 aliphatic carbocycles. The number of hydrogen-bond acceptors (Lipinski definition) is 6. The van der Waals surface area contributed by atoms with Crippen LogP contribution in [0.15, 0.2) is 36.7 Å². The van der Waals surface area contributed by atoms with Gasteiger partial charge >= 0.3 is 0 Å². The maximum atomic E-state index is 8.91. The van der Waals surface area contributed by atoms with E-state index in [1.165, 1.54) is 5.69 Å². The molecule has 2 heterocycles. The van der Waals surface area contributed by atoms with Gasteiger partial charge in [0.2, 0.25) is 0 Å². The van der Waals surface area contributed by atoms with Crippen LogP contribution in [0.1, 0.15) is 12.0 Å². The molecule has 1 aromatic carbocycles. The average Bonchev–Trinajstić information content (AvgIpc) is 3.11. The molecule has 6 nitrogen and oxygen atoms in total. The molecule has 2 aromatic rings. The summed E-state index contributed by atoms with van der Waals surface area (Å²) in [6, 6.07) is 12.4. The fraction of sp³-hybridized carbons (Fsp3) is 0.389. The third-order valence-corrected chi connectivity index (χ3v) is 4.53. The van der Waals surface area contributed by atoms with Gasteiger partial charge in [-0.05, 0) is 30.7 Å². The van der Waals surface area contributed by atoms with Crippen LogP contribution in [0.5, 0.6) is 0 Å². The van der Waals surface area contributed by atoms with E-state index in [2.05, 4.69) is 32.9 Å². The lowest BCUT2D eigenvalue weighted by Crippen LogP contribution is -2.35. The van der Waals surface area contributed by atoms with E-state index in [1.807, 2.05) is 49.3 Å². The van der Waals surface area contributed by atoms with Crippen molar-refractivity contribution in [3.05, 3.63) is 42.2 Å². The van der Waals surface area contributed by atoms with Crippen molar-refractivity contribution < 1.29 is 0 Å². The molecule has 0 radical (unpaired) electrons. The molecule has 1 aromatic heterocycles. The number of nitriles is 1. The largest absolute Gasteiger partial charge is 0.369 e. The zero-order chi connectivity index (χ0) is 17.1. The van der Waals surface area contributed by atoms with Crippen LogP contribution in [0.2, 0.25) is 0 Å². The monoisotopic (exact) mass is 322 g/mol. The number of benzene rings is 1. The third kappa shape index (κ3) is 3.25. The Bertz CT molecular complexity index is 734. The van der Waals surface area contributed by atoms with Crippen molar-refractivity contribution in [3.63, 3.8) is 0 Å². The van der Waals surface area contributed by atoms with Gasteiger partial charge in [-0.25, -0.2) is 9.97 Å². The lowest BCUT2D eigenvalue weighted by molar-refractivity contribution is 0.683. The van der Waals surface area contributed by atoms with Crippen LogP contribution < -0.4 is 14.7 Å². The second-order valence-corrected chi connectivity index (χ2v) is 6.29. The standard InChI is InChI=1S/C18H22N6/c1-22(2)17-10-18(21-13-20-17)23(3)16-8-9-24(12-16)15-6-4-14(11-19)5-7-15/h4-7,10,13,16H,8-9,12H2,1-3H3. The van der Waals surface area contributed by atoms with Crippen LogP contribution in [0, 0.1) is 11.3 Å². The molecule has 1 saturated heterocycles. The van der Waals surface area contributed by atoms with Crippen LogP contribution in [0.3, 0.4) is 0 Å². The molecular formula is C18H22N6. The Morgan fingerprint density at radius 3 is 2.50 bits per heavy atom. The number of rotatable bonds is 4. The minimum Gasteiger partial charge on any atom is -0.369 e. The molecule has 6 heteroatoms. The summed E-state index contributed by atoms with van der Waals surface area (Å²) in [5, 5.41) is 8.91. The first-order chi connectivity index (χ1) is 11.6. The number of nitrogens with zero attached hydrogens (tertiary/aromatic N) is 6. The van der Waals surface area contributed by atoms with Gasteiger partial charge in [-0.2, -0.15) is 5.26 Å². The summed E-state index contributed by atoms with van der Waals surface area (Å²) in [7, 11) is 6.05. The maximum Gasteiger partial charge on any atom is 0.134 e. The Hall–Kier alpha value is -2.81. The lowest BCUT2D eigenvalue weighted by atomic mass is 10.2. The summed E-state index contributed by atoms with van der Waals surface area (Å²) in [6.45, 7) is 1.95. The number of hydrogen-bond donors (Lipinski definition) is 0. The minimum absolute atomic E-state index is 0.408. The van der Waals surface area contributed by atoms with Crippen LogP contribution in [-0.2, 0) is 0 Å². The molecular weight excluding hydrogens is 300 g/mol. The zero-order valence-electron chi connectivity index (χ0n) is 14.3. The molecule has 1 atom stereocenters. The molecule has 1 aliphatic heterocycles. The SMILES string of the molecule is CN(C)c1cc(N(C)C2CCN(c3ccc(C#N)cc3)C2)ncn1. The minimum atomic E-state index is 0.408. The second kappa shape index (κ2) is 6.75. The van der Waals surface area contributed by atoms with Gasteiger partial charge in [0, 0.05) is 52.0 Å². The van der Waals surface area contributed by atoms with E-state index in [9.17, 15) is 0 Å². The van der Waals surface area contributed by atoms with E-state index < -0.39 is 0 Å². The molecule has 0 N–H and O–H groups in total. The highest BCUT2D eigenvalue weighted by atomic mass is 15.3. The van der Waals surface area contributed by atoms with Crippen molar-refractivity contribution >= 4 is 17.3 Å². The van der Waals surface area contributed by atoms with Gasteiger partial charge in [0.15, 0.2) is 0 Å². The fourth-order valence-electron chi connectivity index (χ4n) is 3.00. The molecule has 0 saturated carbocycles. The van der Waals surface area contributed by atoms with Crippen molar-refractivity contribution in [1.82, 2.24) is 9.97 Å². The van der Waals surface area contributed by atoms with Crippen LogP contribution >= 0.6 is 0 Å². The van der Waals surface area contributed by atoms with Crippen LogP contribution in [-0.4, -0.2) is 50.2 Å². The first-order valence-electron chi connectivity index (χ1n) is 8.06. The predicted octanol–water partition coefficient (Wildman–Crippen LogP) is 2.13. The highest BCUT2D eigenvalue weighted by molar-refractivity contribution is 5.53. The molecule has 0 bridgehead atoms. The maximum absolute atomic E-state index is 8.91. The van der Waals surface area contributed by atoms with E-state index in [-0.39, 0.29) is 0 Å². The van der Waals surface area contributed by atoms with Crippen LogP contribution in [0.25, 0.3) is 0 Å². The Labute approximate surface area is 143 Å². The molecule has 0 spiro atoms. The highest BCUT2D eigenvalue weighted by Crippen LogP contribution is 2.26. The van der Waals surface area contributed by atoms with Gasteiger partial charge in [0.05, 0.1) is 11.6 Å². The van der Waals surface area contributed by atoms with Crippen LogP contribution in [0.4, 0.5) is 17.3 Å². The molecule has 3 rings (SSSR count). The van der Waals surface area contributed by atoms with Crippen molar-refractivity contribution in [2.45, 2.75) is 12.5 Å². The second-order valence-electron chi connectivity index (χ2n) is 6.29. The summed E-state index contributed by atoms with van der Waals surface area (Å²) in [5.41, 5.74) is 1.87. The van der Waals surface area contributed by atoms with Crippen molar-refractivity contribution in [3.8, 4) is 6.07 Å². The number of anilines is 3. The van der Waals surface area contributed by atoms with E-state index in [1.54, 1.807) is 6.33 Å². The van der Waals surface area contributed by atoms with E-state index in [4.69, 9.17) is 5.26 Å². The average molecular weight is 322 g/mol.